The minimum absolute atomic E-state index is 0.0893. The Morgan fingerprint density at radius 3 is 2.88 bits per heavy atom. The minimum atomic E-state index is -0.832. The van der Waals surface area contributed by atoms with E-state index >= 15 is 0 Å². The van der Waals surface area contributed by atoms with Gasteiger partial charge in [-0.1, -0.05) is 6.07 Å². The van der Waals surface area contributed by atoms with Crippen LogP contribution in [0.3, 0.4) is 0 Å². The van der Waals surface area contributed by atoms with E-state index in [1.807, 2.05) is 0 Å². The molecule has 1 fully saturated rings. The van der Waals surface area contributed by atoms with Crippen molar-refractivity contribution in [1.82, 2.24) is 0 Å². The highest BCUT2D eigenvalue weighted by Gasteiger charge is 2.34. The van der Waals surface area contributed by atoms with E-state index in [1.165, 1.54) is 12.1 Å². The van der Waals surface area contributed by atoms with Gasteiger partial charge in [0.2, 0.25) is 0 Å². The molecule has 0 radical (unpaired) electrons. The molecule has 86 valence electrons. The highest BCUT2D eigenvalue weighted by Crippen LogP contribution is 2.32. The first-order chi connectivity index (χ1) is 7.61. The Kier molecular flexibility index (Phi) is 2.89. The molecule has 4 nitrogen and oxygen atoms in total. The van der Waals surface area contributed by atoms with E-state index in [-0.39, 0.29) is 18.8 Å². The number of hydrogen-bond acceptors (Lipinski definition) is 4. The molecule has 1 saturated heterocycles. The number of rotatable bonds is 2. The smallest absolute Gasteiger partial charge is 0.166 e. The summed E-state index contributed by atoms with van der Waals surface area (Å²) in [4.78, 5) is 11.3. The molecule has 0 unspecified atom stereocenters. The monoisotopic (exact) mass is 225 g/mol. The first-order valence-corrected chi connectivity index (χ1v) is 4.95. The molecule has 0 saturated carbocycles. The first kappa shape index (κ1) is 11.0. The van der Waals surface area contributed by atoms with E-state index in [1.54, 1.807) is 6.07 Å². The van der Waals surface area contributed by atoms with E-state index in [0.29, 0.717) is 11.3 Å². The van der Waals surface area contributed by atoms with E-state index < -0.39 is 18.0 Å². The van der Waals surface area contributed by atoms with Crippen LogP contribution < -0.4 is 5.73 Å². The molecular formula is C11H12FNO3. The molecule has 0 spiro atoms. The number of ketones is 1. The van der Waals surface area contributed by atoms with Crippen LogP contribution >= 0.6 is 0 Å². The maximum Gasteiger partial charge on any atom is 0.166 e. The van der Waals surface area contributed by atoms with Gasteiger partial charge in [-0.15, -0.1) is 0 Å². The number of halogens is 1. The summed E-state index contributed by atoms with van der Waals surface area (Å²) in [6.07, 6.45) is -1.36. The topological polar surface area (TPSA) is 72.6 Å². The molecule has 5 heteroatoms. The number of hydrogen-bond donors (Lipinski definition) is 2. The van der Waals surface area contributed by atoms with Gasteiger partial charge in [0, 0.05) is 17.7 Å². The first-order valence-electron chi connectivity index (χ1n) is 4.95. The number of nitrogens with two attached hydrogens (primary N) is 1. The van der Waals surface area contributed by atoms with Crippen molar-refractivity contribution < 1.29 is 19.0 Å². The zero-order valence-electron chi connectivity index (χ0n) is 8.52. The third-order valence-electron chi connectivity index (χ3n) is 2.61. The molecule has 0 aromatic heterocycles. The lowest BCUT2D eigenvalue weighted by molar-refractivity contribution is -0.124. The van der Waals surface area contributed by atoms with Gasteiger partial charge in [0.05, 0.1) is 12.7 Å². The number of carbonyl (C=O) groups is 1. The molecule has 1 aromatic rings. The summed E-state index contributed by atoms with van der Waals surface area (Å²) in [5, 5.41) is 8.85. The number of nitrogen functional groups attached to an aromatic ring is 1. The van der Waals surface area contributed by atoms with Gasteiger partial charge in [-0.2, -0.15) is 0 Å². The van der Waals surface area contributed by atoms with E-state index in [4.69, 9.17) is 15.6 Å². The molecule has 2 atom stereocenters. The van der Waals surface area contributed by atoms with Crippen molar-refractivity contribution in [2.75, 3.05) is 12.3 Å². The average molecular weight is 225 g/mol. The molecule has 16 heavy (non-hydrogen) atoms. The van der Waals surface area contributed by atoms with Crippen LogP contribution in [0.15, 0.2) is 18.2 Å². The highest BCUT2D eigenvalue weighted by atomic mass is 19.1. The third kappa shape index (κ3) is 1.91. The van der Waals surface area contributed by atoms with Crippen LogP contribution in [0, 0.1) is 5.82 Å². The lowest BCUT2D eigenvalue weighted by Crippen LogP contribution is -2.19. The Balaban J connectivity index is 2.23. The number of benzene rings is 1. The summed E-state index contributed by atoms with van der Waals surface area (Å²) >= 11 is 0. The largest absolute Gasteiger partial charge is 0.399 e. The second-order valence-corrected chi connectivity index (χ2v) is 3.75. The van der Waals surface area contributed by atoms with Crippen molar-refractivity contribution in [3.05, 3.63) is 29.6 Å². The lowest BCUT2D eigenvalue weighted by Gasteiger charge is -2.12. The van der Waals surface area contributed by atoms with Gasteiger partial charge < -0.3 is 15.6 Å². The highest BCUT2D eigenvalue weighted by molar-refractivity contribution is 5.85. The van der Waals surface area contributed by atoms with Crippen LogP contribution in [-0.2, 0) is 9.53 Å². The SMILES string of the molecule is Nc1ccc([C@@H]2CC(=O)[C@H](CO)O2)c(F)c1. The van der Waals surface area contributed by atoms with Crippen LogP contribution in [0.25, 0.3) is 0 Å². The molecule has 1 aliphatic rings. The molecule has 0 bridgehead atoms. The van der Waals surface area contributed by atoms with E-state index in [9.17, 15) is 9.18 Å². The molecule has 2 rings (SSSR count). The third-order valence-corrected chi connectivity index (χ3v) is 2.61. The molecule has 1 aliphatic heterocycles. The fourth-order valence-corrected chi connectivity index (χ4v) is 1.77. The Morgan fingerprint density at radius 2 is 2.31 bits per heavy atom. The maximum absolute atomic E-state index is 13.5. The van der Waals surface area contributed by atoms with Crippen molar-refractivity contribution in [1.29, 1.82) is 0 Å². The molecule has 0 aliphatic carbocycles. The Hall–Kier alpha value is -1.46. The Morgan fingerprint density at radius 1 is 1.56 bits per heavy atom. The van der Waals surface area contributed by atoms with Crippen molar-refractivity contribution >= 4 is 11.5 Å². The van der Waals surface area contributed by atoms with Gasteiger partial charge in [0.15, 0.2) is 5.78 Å². The number of ether oxygens (including phenoxy) is 1. The van der Waals surface area contributed by atoms with Crippen molar-refractivity contribution in [3.63, 3.8) is 0 Å². The predicted molar refractivity (Wildman–Crippen MR) is 55.1 cm³/mol. The number of carbonyl (C=O) groups excluding carboxylic acids is 1. The van der Waals surface area contributed by atoms with Gasteiger partial charge in [0.25, 0.3) is 0 Å². The standard InChI is InChI=1S/C11H12FNO3/c12-8-3-6(13)1-2-7(8)10-4-9(15)11(5-14)16-10/h1-3,10-11,14H,4-5,13H2/t10-,11-/m0/s1. The van der Waals surface area contributed by atoms with Crippen LogP contribution in [0.4, 0.5) is 10.1 Å². The van der Waals surface area contributed by atoms with Crippen molar-refractivity contribution in [2.45, 2.75) is 18.6 Å². The van der Waals surface area contributed by atoms with Crippen LogP contribution in [0.2, 0.25) is 0 Å². The van der Waals surface area contributed by atoms with Crippen molar-refractivity contribution in [2.24, 2.45) is 0 Å². The molecule has 3 N–H and O–H groups in total. The van der Waals surface area contributed by atoms with Gasteiger partial charge >= 0.3 is 0 Å². The summed E-state index contributed by atoms with van der Waals surface area (Å²) in [6, 6.07) is 4.25. The average Bonchev–Trinajstić information content (AvgIpc) is 2.59. The lowest BCUT2D eigenvalue weighted by atomic mass is 10.0. The van der Waals surface area contributed by atoms with E-state index in [2.05, 4.69) is 0 Å². The maximum atomic E-state index is 13.5. The minimum Gasteiger partial charge on any atom is -0.399 e. The fraction of sp³-hybridized carbons (Fsp3) is 0.364. The van der Waals surface area contributed by atoms with E-state index in [0.717, 1.165) is 0 Å². The zero-order chi connectivity index (χ0) is 11.7. The summed E-state index contributed by atoms with van der Waals surface area (Å²) in [7, 11) is 0. The quantitative estimate of drug-likeness (QED) is 0.730. The van der Waals surface area contributed by atoms with Gasteiger partial charge in [-0.3, -0.25) is 4.79 Å². The summed E-state index contributed by atoms with van der Waals surface area (Å²) in [6.45, 7) is -0.369. The van der Waals surface area contributed by atoms with Crippen molar-refractivity contribution in [3.8, 4) is 0 Å². The van der Waals surface area contributed by atoms with Gasteiger partial charge in [-0.05, 0) is 12.1 Å². The normalized spacial score (nSPS) is 25.0. The zero-order valence-corrected chi connectivity index (χ0v) is 8.52. The molecule has 1 aromatic carbocycles. The summed E-state index contributed by atoms with van der Waals surface area (Å²) in [5.41, 5.74) is 6.05. The number of Topliss-reactive ketones (excluding diaryl/α,β-unsaturated/α-hetero) is 1. The second kappa shape index (κ2) is 4.19. The second-order valence-electron chi connectivity index (χ2n) is 3.75. The molecular weight excluding hydrogens is 213 g/mol. The molecule has 0 amide bonds. The predicted octanol–water partition coefficient (Wildman–Crippen LogP) is 0.799. The Bertz CT molecular complexity index is 422. The van der Waals surface area contributed by atoms with Crippen LogP contribution in [0.1, 0.15) is 18.1 Å². The molecule has 1 heterocycles. The van der Waals surface area contributed by atoms with Crippen LogP contribution in [0.5, 0.6) is 0 Å². The van der Waals surface area contributed by atoms with Gasteiger partial charge in [-0.25, -0.2) is 4.39 Å². The Labute approximate surface area is 91.8 Å². The fourth-order valence-electron chi connectivity index (χ4n) is 1.77. The number of aliphatic hydroxyl groups excluding tert-OH is 1. The number of anilines is 1. The number of aliphatic hydroxyl groups is 1. The van der Waals surface area contributed by atoms with Crippen LogP contribution in [-0.4, -0.2) is 23.6 Å². The van der Waals surface area contributed by atoms with Gasteiger partial charge in [0.1, 0.15) is 11.9 Å². The summed E-state index contributed by atoms with van der Waals surface area (Å²) in [5.74, 6) is -0.694. The summed E-state index contributed by atoms with van der Waals surface area (Å²) < 4.78 is 18.8.